The van der Waals surface area contributed by atoms with Crippen molar-refractivity contribution in [1.82, 2.24) is 15.3 Å². The number of rotatable bonds is 4. The summed E-state index contributed by atoms with van der Waals surface area (Å²) in [5, 5.41) is 4.68. The monoisotopic (exact) mass is 281 g/mol. The fraction of sp³-hybridized carbons (Fsp3) is 0.231. The third-order valence-corrected chi connectivity index (χ3v) is 3.07. The van der Waals surface area contributed by atoms with E-state index in [1.807, 2.05) is 19.1 Å². The third kappa shape index (κ3) is 3.67. The molecule has 0 unspecified atom stereocenters. The molecule has 1 N–H and O–H groups in total. The highest BCUT2D eigenvalue weighted by Crippen LogP contribution is 2.20. The van der Waals surface area contributed by atoms with Gasteiger partial charge in [0.05, 0.1) is 5.69 Å². The van der Waals surface area contributed by atoms with Crippen LogP contribution in [0.15, 0.2) is 30.5 Å². The molecular formula is C13H13Cl2N3. The van der Waals surface area contributed by atoms with Crippen LogP contribution in [-0.2, 0) is 13.1 Å². The molecule has 0 spiro atoms. The molecule has 0 fully saturated rings. The lowest BCUT2D eigenvalue weighted by Crippen LogP contribution is -2.14. The van der Waals surface area contributed by atoms with Gasteiger partial charge in [-0.1, -0.05) is 23.2 Å². The Kier molecular flexibility index (Phi) is 4.53. The third-order valence-electron chi connectivity index (χ3n) is 2.46. The van der Waals surface area contributed by atoms with Gasteiger partial charge in [-0.3, -0.25) is 0 Å². The minimum atomic E-state index is 0.655. The Balaban J connectivity index is 1.94. The van der Waals surface area contributed by atoms with Gasteiger partial charge in [0.1, 0.15) is 5.82 Å². The molecule has 0 atom stereocenters. The highest BCUT2D eigenvalue weighted by Gasteiger charge is 2.01. The van der Waals surface area contributed by atoms with E-state index >= 15 is 0 Å². The summed E-state index contributed by atoms with van der Waals surface area (Å²) < 4.78 is 0. The predicted octanol–water partition coefficient (Wildman–Crippen LogP) is 3.38. The summed E-state index contributed by atoms with van der Waals surface area (Å²) >= 11 is 12.0. The number of benzene rings is 1. The summed E-state index contributed by atoms with van der Waals surface area (Å²) in [6, 6.07) is 7.33. The molecule has 0 aliphatic carbocycles. The first-order valence-corrected chi connectivity index (χ1v) is 6.34. The van der Waals surface area contributed by atoms with Crippen LogP contribution in [0.25, 0.3) is 0 Å². The first-order chi connectivity index (χ1) is 8.65. The SMILES string of the molecule is Cc1nccc(CNCc2cc(Cl)ccc2Cl)n1. The van der Waals surface area contributed by atoms with Gasteiger partial charge in [0, 0.05) is 29.3 Å². The van der Waals surface area contributed by atoms with E-state index in [0.29, 0.717) is 23.1 Å². The van der Waals surface area contributed by atoms with Crippen molar-refractivity contribution in [3.8, 4) is 0 Å². The van der Waals surface area contributed by atoms with Gasteiger partial charge in [-0.2, -0.15) is 0 Å². The number of halogens is 2. The summed E-state index contributed by atoms with van der Waals surface area (Å²) in [5.74, 6) is 0.773. The zero-order valence-corrected chi connectivity index (χ0v) is 11.5. The minimum absolute atomic E-state index is 0.655. The van der Waals surface area contributed by atoms with E-state index < -0.39 is 0 Å². The Hall–Kier alpha value is -1.16. The number of aryl methyl sites for hydroxylation is 1. The van der Waals surface area contributed by atoms with E-state index in [0.717, 1.165) is 17.1 Å². The van der Waals surface area contributed by atoms with Gasteiger partial charge >= 0.3 is 0 Å². The largest absolute Gasteiger partial charge is 0.307 e. The average molecular weight is 282 g/mol. The van der Waals surface area contributed by atoms with Gasteiger partial charge in [-0.15, -0.1) is 0 Å². The lowest BCUT2D eigenvalue weighted by molar-refractivity contribution is 0.675. The molecule has 2 rings (SSSR count). The van der Waals surface area contributed by atoms with Crippen molar-refractivity contribution >= 4 is 23.2 Å². The highest BCUT2D eigenvalue weighted by atomic mass is 35.5. The Morgan fingerprint density at radius 3 is 2.78 bits per heavy atom. The van der Waals surface area contributed by atoms with Crippen molar-refractivity contribution < 1.29 is 0 Å². The second-order valence-corrected chi connectivity index (χ2v) is 4.78. The Bertz CT molecular complexity index is 544. The lowest BCUT2D eigenvalue weighted by atomic mass is 10.2. The molecule has 0 amide bonds. The summed E-state index contributed by atoms with van der Waals surface area (Å²) in [7, 11) is 0. The minimum Gasteiger partial charge on any atom is -0.307 e. The molecule has 0 saturated heterocycles. The van der Waals surface area contributed by atoms with Crippen LogP contribution in [0.4, 0.5) is 0 Å². The first kappa shape index (κ1) is 13.3. The Morgan fingerprint density at radius 2 is 2.00 bits per heavy atom. The van der Waals surface area contributed by atoms with Crippen molar-refractivity contribution in [2.24, 2.45) is 0 Å². The van der Waals surface area contributed by atoms with Crippen LogP contribution in [0.1, 0.15) is 17.1 Å². The van der Waals surface area contributed by atoms with E-state index in [4.69, 9.17) is 23.2 Å². The number of aromatic nitrogens is 2. The van der Waals surface area contributed by atoms with E-state index in [9.17, 15) is 0 Å². The maximum absolute atomic E-state index is 6.08. The van der Waals surface area contributed by atoms with Crippen LogP contribution in [0.2, 0.25) is 10.0 Å². The maximum atomic E-state index is 6.08. The zero-order chi connectivity index (χ0) is 13.0. The van der Waals surface area contributed by atoms with E-state index in [2.05, 4.69) is 15.3 Å². The molecule has 1 aromatic carbocycles. The normalized spacial score (nSPS) is 10.6. The average Bonchev–Trinajstić information content (AvgIpc) is 2.34. The highest BCUT2D eigenvalue weighted by molar-refractivity contribution is 6.33. The van der Waals surface area contributed by atoms with Gasteiger partial charge in [0.15, 0.2) is 0 Å². The molecule has 1 aromatic heterocycles. The second kappa shape index (κ2) is 6.14. The second-order valence-electron chi connectivity index (χ2n) is 3.93. The van der Waals surface area contributed by atoms with E-state index in [-0.39, 0.29) is 0 Å². The summed E-state index contributed by atoms with van der Waals surface area (Å²) in [5.41, 5.74) is 1.94. The number of hydrogen-bond donors (Lipinski definition) is 1. The smallest absolute Gasteiger partial charge is 0.125 e. The van der Waals surface area contributed by atoms with Crippen molar-refractivity contribution in [2.75, 3.05) is 0 Å². The predicted molar refractivity (Wildman–Crippen MR) is 73.8 cm³/mol. The molecule has 0 bridgehead atoms. The summed E-state index contributed by atoms with van der Waals surface area (Å²) in [6.45, 7) is 3.20. The molecule has 5 heteroatoms. The van der Waals surface area contributed by atoms with Gasteiger partial charge in [-0.25, -0.2) is 9.97 Å². The standard InChI is InChI=1S/C13H13Cl2N3/c1-9-17-5-4-12(18-9)8-16-7-10-6-11(14)2-3-13(10)15/h2-6,16H,7-8H2,1H3. The fourth-order valence-corrected chi connectivity index (χ4v) is 1.99. The quantitative estimate of drug-likeness (QED) is 0.934. The van der Waals surface area contributed by atoms with E-state index in [1.54, 1.807) is 18.3 Å². The van der Waals surface area contributed by atoms with Crippen molar-refractivity contribution in [1.29, 1.82) is 0 Å². The molecule has 0 radical (unpaired) electrons. The van der Waals surface area contributed by atoms with Crippen LogP contribution in [0.5, 0.6) is 0 Å². The summed E-state index contributed by atoms with van der Waals surface area (Å²) in [4.78, 5) is 8.37. The fourth-order valence-electron chi connectivity index (χ4n) is 1.61. The van der Waals surface area contributed by atoms with Gasteiger partial charge < -0.3 is 5.32 Å². The molecule has 1 heterocycles. The molecular weight excluding hydrogens is 269 g/mol. The molecule has 94 valence electrons. The number of hydrogen-bond acceptors (Lipinski definition) is 3. The molecule has 2 aromatic rings. The summed E-state index contributed by atoms with van der Waals surface area (Å²) in [6.07, 6.45) is 1.76. The molecule has 0 aliphatic rings. The van der Waals surface area contributed by atoms with Crippen LogP contribution in [0, 0.1) is 6.92 Å². The molecule has 0 aliphatic heterocycles. The van der Waals surface area contributed by atoms with Gasteiger partial charge in [-0.05, 0) is 36.8 Å². The molecule has 18 heavy (non-hydrogen) atoms. The number of nitrogens with zero attached hydrogens (tertiary/aromatic N) is 2. The van der Waals surface area contributed by atoms with Gasteiger partial charge in [0.2, 0.25) is 0 Å². The topological polar surface area (TPSA) is 37.8 Å². The van der Waals surface area contributed by atoms with Crippen LogP contribution < -0.4 is 5.32 Å². The maximum Gasteiger partial charge on any atom is 0.125 e. The first-order valence-electron chi connectivity index (χ1n) is 5.58. The molecule has 0 saturated carbocycles. The molecule has 3 nitrogen and oxygen atoms in total. The van der Waals surface area contributed by atoms with Crippen molar-refractivity contribution in [2.45, 2.75) is 20.0 Å². The lowest BCUT2D eigenvalue weighted by Gasteiger charge is -2.07. The van der Waals surface area contributed by atoms with Crippen molar-refractivity contribution in [3.05, 3.63) is 57.6 Å². The Morgan fingerprint density at radius 1 is 1.17 bits per heavy atom. The van der Waals surface area contributed by atoms with Crippen molar-refractivity contribution in [3.63, 3.8) is 0 Å². The zero-order valence-electron chi connectivity index (χ0n) is 9.95. The van der Waals surface area contributed by atoms with Gasteiger partial charge in [0.25, 0.3) is 0 Å². The Labute approximate surface area is 116 Å². The van der Waals surface area contributed by atoms with Crippen LogP contribution >= 0.6 is 23.2 Å². The van der Waals surface area contributed by atoms with E-state index in [1.165, 1.54) is 0 Å². The number of nitrogens with one attached hydrogen (secondary N) is 1. The van der Waals surface area contributed by atoms with Crippen LogP contribution in [-0.4, -0.2) is 9.97 Å². The van der Waals surface area contributed by atoms with Crippen LogP contribution in [0.3, 0.4) is 0 Å².